The van der Waals surface area contributed by atoms with Crippen LogP contribution in [0.3, 0.4) is 0 Å². The Morgan fingerprint density at radius 2 is 2.14 bits per heavy atom. The van der Waals surface area contributed by atoms with Crippen LogP contribution in [0.4, 0.5) is 0 Å². The zero-order valence-corrected chi connectivity index (χ0v) is 7.99. The topological polar surface area (TPSA) is 119 Å². The Morgan fingerprint density at radius 1 is 1.50 bits per heavy atom. The number of aliphatic hydroxyl groups excluding tert-OH is 1. The van der Waals surface area contributed by atoms with Gasteiger partial charge in [-0.25, -0.2) is 0 Å². The molecule has 0 aliphatic rings. The van der Waals surface area contributed by atoms with Crippen LogP contribution in [0, 0.1) is 5.41 Å². The molecule has 0 spiro atoms. The first-order chi connectivity index (χ1) is 6.52. The number of carboxylic acid groups (broad SMARTS) is 1. The number of carboxylic acids is 1. The number of carbonyl (C=O) groups is 1. The van der Waals surface area contributed by atoms with Crippen molar-refractivity contribution in [2.75, 3.05) is 6.54 Å². The zero-order valence-electron chi connectivity index (χ0n) is 7.99. The van der Waals surface area contributed by atoms with E-state index in [-0.39, 0.29) is 12.4 Å². The van der Waals surface area contributed by atoms with E-state index in [0.717, 1.165) is 6.42 Å². The van der Waals surface area contributed by atoms with Crippen molar-refractivity contribution in [3.63, 3.8) is 0 Å². The minimum absolute atomic E-state index is 0.0731. The van der Waals surface area contributed by atoms with Crippen LogP contribution in [0.5, 0.6) is 0 Å². The summed E-state index contributed by atoms with van der Waals surface area (Å²) in [5, 5.41) is 27.0. The van der Waals surface area contributed by atoms with E-state index >= 15 is 0 Å². The normalized spacial score (nSPS) is 12.1. The van der Waals surface area contributed by atoms with E-state index in [1.807, 2.05) is 0 Å². The monoisotopic (exact) mass is 203 g/mol. The molecule has 0 fully saturated rings. The van der Waals surface area contributed by atoms with Gasteiger partial charge in [0.2, 0.25) is 0 Å². The molecule has 0 aromatic rings. The number of nitrogens with one attached hydrogen (secondary N) is 2. The zero-order chi connectivity index (χ0) is 11.0. The van der Waals surface area contributed by atoms with Crippen LogP contribution in [0.2, 0.25) is 0 Å². The maximum atomic E-state index is 10.2. The standard InChI is InChI=1S/C8H17N3O3/c9-8(10)11-4-2-1-3-6(12)5-7(13)14/h6,12H,1-5H2,(H,13,14)(H4,9,10,11). The summed E-state index contributed by atoms with van der Waals surface area (Å²) in [6.07, 6.45) is 0.960. The number of nitrogens with two attached hydrogens (primary N) is 1. The van der Waals surface area contributed by atoms with Crippen LogP contribution in [-0.4, -0.2) is 34.8 Å². The Balaban J connectivity index is 3.27. The minimum atomic E-state index is -0.987. The predicted molar refractivity (Wildman–Crippen MR) is 52.0 cm³/mol. The van der Waals surface area contributed by atoms with Gasteiger partial charge >= 0.3 is 5.97 Å². The van der Waals surface area contributed by atoms with Crippen molar-refractivity contribution < 1.29 is 15.0 Å². The Morgan fingerprint density at radius 3 is 2.64 bits per heavy atom. The molecular formula is C8H17N3O3. The number of aliphatic hydroxyl groups is 1. The molecule has 1 atom stereocenters. The van der Waals surface area contributed by atoms with E-state index in [2.05, 4.69) is 5.32 Å². The fourth-order valence-electron chi connectivity index (χ4n) is 1.03. The third kappa shape index (κ3) is 8.79. The molecule has 0 heterocycles. The highest BCUT2D eigenvalue weighted by Gasteiger charge is 2.08. The molecule has 0 amide bonds. The summed E-state index contributed by atoms with van der Waals surface area (Å²) in [7, 11) is 0. The van der Waals surface area contributed by atoms with Crippen molar-refractivity contribution in [1.82, 2.24) is 5.32 Å². The summed E-state index contributed by atoms with van der Waals surface area (Å²) in [6.45, 7) is 0.578. The Bertz CT molecular complexity index is 196. The summed E-state index contributed by atoms with van der Waals surface area (Å²) in [5.41, 5.74) is 5.05. The predicted octanol–water partition coefficient (Wildman–Crippen LogP) is -0.525. The lowest BCUT2D eigenvalue weighted by Crippen LogP contribution is -2.31. The van der Waals surface area contributed by atoms with Gasteiger partial charge in [-0.1, -0.05) is 0 Å². The fourth-order valence-corrected chi connectivity index (χ4v) is 1.03. The van der Waals surface area contributed by atoms with Crippen LogP contribution in [0.15, 0.2) is 0 Å². The molecule has 0 radical (unpaired) electrons. The van der Waals surface area contributed by atoms with Gasteiger partial charge in [0, 0.05) is 6.54 Å². The third-order valence-corrected chi connectivity index (χ3v) is 1.69. The van der Waals surface area contributed by atoms with E-state index in [1.165, 1.54) is 0 Å². The summed E-state index contributed by atoms with van der Waals surface area (Å²) >= 11 is 0. The molecule has 6 nitrogen and oxygen atoms in total. The summed E-state index contributed by atoms with van der Waals surface area (Å²) in [4.78, 5) is 10.2. The van der Waals surface area contributed by atoms with E-state index in [0.29, 0.717) is 19.4 Å². The second-order valence-corrected chi connectivity index (χ2v) is 3.09. The Hall–Kier alpha value is -1.30. The quantitative estimate of drug-likeness (QED) is 0.216. The largest absolute Gasteiger partial charge is 0.481 e. The highest BCUT2D eigenvalue weighted by molar-refractivity contribution is 5.74. The molecule has 0 rings (SSSR count). The highest BCUT2D eigenvalue weighted by atomic mass is 16.4. The lowest BCUT2D eigenvalue weighted by molar-refractivity contribution is -0.139. The maximum absolute atomic E-state index is 10.2. The number of aliphatic carboxylic acids is 1. The van der Waals surface area contributed by atoms with Crippen molar-refractivity contribution in [1.29, 1.82) is 5.41 Å². The maximum Gasteiger partial charge on any atom is 0.305 e. The van der Waals surface area contributed by atoms with Crippen molar-refractivity contribution in [3.05, 3.63) is 0 Å². The molecule has 14 heavy (non-hydrogen) atoms. The SMILES string of the molecule is N=C(N)NCCCCC(O)CC(=O)O. The van der Waals surface area contributed by atoms with Gasteiger partial charge in [0.05, 0.1) is 12.5 Å². The van der Waals surface area contributed by atoms with Gasteiger partial charge in [-0.3, -0.25) is 10.2 Å². The van der Waals surface area contributed by atoms with E-state index in [4.69, 9.17) is 21.4 Å². The first-order valence-corrected chi connectivity index (χ1v) is 4.50. The first-order valence-electron chi connectivity index (χ1n) is 4.50. The fraction of sp³-hybridized carbons (Fsp3) is 0.750. The molecule has 82 valence electrons. The van der Waals surface area contributed by atoms with E-state index < -0.39 is 12.1 Å². The van der Waals surface area contributed by atoms with Crippen LogP contribution in [0.25, 0.3) is 0 Å². The van der Waals surface area contributed by atoms with Gasteiger partial charge in [-0.15, -0.1) is 0 Å². The van der Waals surface area contributed by atoms with Gasteiger partial charge in [0.1, 0.15) is 0 Å². The molecule has 0 saturated carbocycles. The Labute approximate surface area is 82.6 Å². The first kappa shape index (κ1) is 12.7. The number of guanidine groups is 1. The summed E-state index contributed by atoms with van der Waals surface area (Å²) in [5.74, 6) is -1.06. The molecule has 0 aliphatic heterocycles. The van der Waals surface area contributed by atoms with Crippen LogP contribution >= 0.6 is 0 Å². The molecule has 0 aromatic heterocycles. The molecule has 0 saturated heterocycles. The van der Waals surface area contributed by atoms with Crippen LogP contribution in [0.1, 0.15) is 25.7 Å². The van der Waals surface area contributed by atoms with Gasteiger partial charge < -0.3 is 21.3 Å². The smallest absolute Gasteiger partial charge is 0.305 e. The molecule has 0 aromatic carbocycles. The van der Waals surface area contributed by atoms with Crippen molar-refractivity contribution >= 4 is 11.9 Å². The van der Waals surface area contributed by atoms with Crippen LogP contribution < -0.4 is 11.1 Å². The summed E-state index contributed by atoms with van der Waals surface area (Å²) < 4.78 is 0. The molecule has 6 heteroatoms. The third-order valence-electron chi connectivity index (χ3n) is 1.69. The summed E-state index contributed by atoms with van der Waals surface area (Å²) in [6, 6.07) is 0. The van der Waals surface area contributed by atoms with Crippen molar-refractivity contribution in [3.8, 4) is 0 Å². The molecular weight excluding hydrogens is 186 g/mol. The average molecular weight is 203 g/mol. The molecule has 6 N–H and O–H groups in total. The lowest BCUT2D eigenvalue weighted by atomic mass is 10.1. The van der Waals surface area contributed by atoms with Crippen molar-refractivity contribution in [2.45, 2.75) is 31.8 Å². The second kappa shape index (κ2) is 7.14. The van der Waals surface area contributed by atoms with Gasteiger partial charge in [0.25, 0.3) is 0 Å². The number of rotatable bonds is 7. The van der Waals surface area contributed by atoms with Gasteiger partial charge in [-0.2, -0.15) is 0 Å². The second-order valence-electron chi connectivity index (χ2n) is 3.09. The lowest BCUT2D eigenvalue weighted by Gasteiger charge is -2.07. The van der Waals surface area contributed by atoms with E-state index in [9.17, 15) is 4.79 Å². The number of unbranched alkanes of at least 4 members (excludes halogenated alkanes) is 1. The number of hydrogen-bond donors (Lipinski definition) is 5. The van der Waals surface area contributed by atoms with E-state index in [1.54, 1.807) is 0 Å². The Kier molecular flexibility index (Phi) is 6.47. The van der Waals surface area contributed by atoms with Crippen LogP contribution in [-0.2, 0) is 4.79 Å². The van der Waals surface area contributed by atoms with Gasteiger partial charge in [-0.05, 0) is 19.3 Å². The van der Waals surface area contributed by atoms with Crippen molar-refractivity contribution in [2.24, 2.45) is 5.73 Å². The minimum Gasteiger partial charge on any atom is -0.481 e. The molecule has 0 aliphatic carbocycles. The molecule has 0 bridgehead atoms. The van der Waals surface area contributed by atoms with Gasteiger partial charge in [0.15, 0.2) is 5.96 Å². The molecule has 1 unspecified atom stereocenters. The number of hydrogen-bond acceptors (Lipinski definition) is 3. The highest BCUT2D eigenvalue weighted by Crippen LogP contribution is 2.03. The average Bonchev–Trinajstić information content (AvgIpc) is 2.01.